The molecule has 0 spiro atoms. The molecule has 7 nitrogen and oxygen atoms in total. The molecule has 0 aromatic carbocycles. The third-order valence-electron chi connectivity index (χ3n) is 2.93. The molecule has 1 amide bonds. The lowest BCUT2D eigenvalue weighted by Crippen LogP contribution is -2.49. The van der Waals surface area contributed by atoms with Gasteiger partial charge in [-0.2, -0.15) is 0 Å². The predicted molar refractivity (Wildman–Crippen MR) is 93.7 cm³/mol. The fraction of sp³-hybridized carbons (Fsp3) is 0.812. The van der Waals surface area contributed by atoms with Gasteiger partial charge in [-0.25, -0.2) is 4.79 Å². The average molecular weight is 367 g/mol. The molecule has 0 aliphatic heterocycles. The molecule has 24 heavy (non-hydrogen) atoms. The lowest BCUT2D eigenvalue weighted by Gasteiger charge is -2.21. The van der Waals surface area contributed by atoms with Crippen LogP contribution in [0.5, 0.6) is 0 Å². The monoisotopic (exact) mass is 366 g/mol. The van der Waals surface area contributed by atoms with Crippen LogP contribution >= 0.6 is 12.4 Å². The third-order valence-corrected chi connectivity index (χ3v) is 2.93. The maximum absolute atomic E-state index is 12.1. The molecule has 0 aromatic heterocycles. The van der Waals surface area contributed by atoms with Gasteiger partial charge in [0.05, 0.1) is 13.2 Å². The van der Waals surface area contributed by atoms with Crippen molar-refractivity contribution in [1.29, 1.82) is 0 Å². The summed E-state index contributed by atoms with van der Waals surface area (Å²) < 4.78 is 9.84. The summed E-state index contributed by atoms with van der Waals surface area (Å²) in [5.41, 5.74) is 5.21. The Morgan fingerprint density at radius 3 is 2.12 bits per heavy atom. The van der Waals surface area contributed by atoms with Crippen LogP contribution in [0.2, 0.25) is 0 Å². The van der Waals surface area contributed by atoms with E-state index in [1.165, 1.54) is 7.11 Å². The highest BCUT2D eigenvalue weighted by Crippen LogP contribution is 2.10. The standard InChI is InChI=1S/C16H30N2O5.ClH/c1-10(2)9-12(15(21)22-6)18-14(20)11(17)7-8-13(19)23-16(3,4)5;/h10-12H,7-9,17H2,1-6H3,(H,18,20);1H/t11-,12-;/m0./s1. The van der Waals surface area contributed by atoms with Gasteiger partial charge in [-0.3, -0.25) is 9.59 Å². The lowest BCUT2D eigenvalue weighted by atomic mass is 10.0. The van der Waals surface area contributed by atoms with Gasteiger partial charge in [0.25, 0.3) is 0 Å². The first-order chi connectivity index (χ1) is 10.5. The first-order valence-electron chi connectivity index (χ1n) is 7.82. The van der Waals surface area contributed by atoms with Gasteiger partial charge in [0.2, 0.25) is 5.91 Å². The van der Waals surface area contributed by atoms with E-state index in [1.807, 2.05) is 13.8 Å². The number of carbonyl (C=O) groups is 3. The number of nitrogens with two attached hydrogens (primary N) is 1. The SMILES string of the molecule is COC(=O)[C@H](CC(C)C)NC(=O)[C@@H](N)CCC(=O)OC(C)(C)C.Cl. The summed E-state index contributed by atoms with van der Waals surface area (Å²) in [4.78, 5) is 35.4. The quantitative estimate of drug-likeness (QED) is 0.631. The highest BCUT2D eigenvalue weighted by atomic mass is 35.5. The summed E-state index contributed by atoms with van der Waals surface area (Å²) in [6, 6.07) is -1.62. The molecule has 2 atom stereocenters. The van der Waals surface area contributed by atoms with Crippen molar-refractivity contribution in [2.75, 3.05) is 7.11 Å². The Balaban J connectivity index is 0. The van der Waals surface area contributed by atoms with E-state index in [0.717, 1.165) is 0 Å². The predicted octanol–water partition coefficient (Wildman–Crippen LogP) is 1.56. The van der Waals surface area contributed by atoms with E-state index in [1.54, 1.807) is 20.8 Å². The van der Waals surface area contributed by atoms with Gasteiger partial charge >= 0.3 is 11.9 Å². The zero-order chi connectivity index (χ0) is 18.2. The Labute approximate surface area is 150 Å². The van der Waals surface area contributed by atoms with Gasteiger partial charge in [0, 0.05) is 6.42 Å². The smallest absolute Gasteiger partial charge is 0.328 e. The second-order valence-electron chi connectivity index (χ2n) is 6.95. The van der Waals surface area contributed by atoms with E-state index in [9.17, 15) is 14.4 Å². The fourth-order valence-corrected chi connectivity index (χ4v) is 1.90. The van der Waals surface area contributed by atoms with Crippen LogP contribution in [-0.2, 0) is 23.9 Å². The molecule has 142 valence electrons. The molecule has 8 heteroatoms. The molecule has 0 saturated heterocycles. The summed E-state index contributed by atoms with van der Waals surface area (Å²) in [5.74, 6) is -1.19. The van der Waals surface area contributed by atoms with Crippen LogP contribution in [0.1, 0.15) is 53.9 Å². The van der Waals surface area contributed by atoms with Gasteiger partial charge in [0.1, 0.15) is 11.6 Å². The molecule has 0 bridgehead atoms. The Morgan fingerprint density at radius 2 is 1.71 bits per heavy atom. The maximum Gasteiger partial charge on any atom is 0.328 e. The molecular weight excluding hydrogens is 336 g/mol. The van der Waals surface area contributed by atoms with E-state index in [0.29, 0.717) is 6.42 Å². The number of esters is 2. The molecule has 0 aliphatic rings. The molecule has 0 rings (SSSR count). The van der Waals surface area contributed by atoms with E-state index in [2.05, 4.69) is 10.1 Å². The van der Waals surface area contributed by atoms with Crippen LogP contribution < -0.4 is 11.1 Å². The molecule has 0 heterocycles. The molecule has 0 saturated carbocycles. The number of nitrogens with one attached hydrogen (secondary N) is 1. The summed E-state index contributed by atoms with van der Waals surface area (Å²) in [5, 5.41) is 2.58. The van der Waals surface area contributed by atoms with Gasteiger partial charge < -0.3 is 20.5 Å². The van der Waals surface area contributed by atoms with Crippen molar-refractivity contribution >= 4 is 30.3 Å². The number of rotatable bonds is 8. The van der Waals surface area contributed by atoms with Gasteiger partial charge in [-0.1, -0.05) is 13.8 Å². The number of halogens is 1. The van der Waals surface area contributed by atoms with E-state index < -0.39 is 35.5 Å². The van der Waals surface area contributed by atoms with Crippen LogP contribution in [-0.4, -0.2) is 42.6 Å². The Morgan fingerprint density at radius 1 is 1.17 bits per heavy atom. The van der Waals surface area contributed by atoms with E-state index >= 15 is 0 Å². The Kier molecular flexibility index (Phi) is 11.7. The minimum atomic E-state index is -0.887. The fourth-order valence-electron chi connectivity index (χ4n) is 1.90. The minimum Gasteiger partial charge on any atom is -0.467 e. The van der Waals surface area contributed by atoms with Gasteiger partial charge in [-0.05, 0) is 39.5 Å². The number of methoxy groups -OCH3 is 1. The zero-order valence-corrected chi connectivity index (χ0v) is 16.2. The number of hydrogen-bond donors (Lipinski definition) is 2. The van der Waals surface area contributed by atoms with Crippen LogP contribution in [0, 0.1) is 5.92 Å². The first kappa shape index (κ1) is 24.9. The second-order valence-corrected chi connectivity index (χ2v) is 6.95. The van der Waals surface area contributed by atoms with Crippen LogP contribution in [0.3, 0.4) is 0 Å². The van der Waals surface area contributed by atoms with Crippen molar-refractivity contribution in [3.05, 3.63) is 0 Å². The van der Waals surface area contributed by atoms with Crippen molar-refractivity contribution in [2.24, 2.45) is 11.7 Å². The van der Waals surface area contributed by atoms with Gasteiger partial charge in [-0.15, -0.1) is 12.4 Å². The molecule has 0 unspecified atom stereocenters. The van der Waals surface area contributed by atoms with Crippen molar-refractivity contribution in [3.8, 4) is 0 Å². The number of carbonyl (C=O) groups excluding carboxylic acids is 3. The summed E-state index contributed by atoms with van der Waals surface area (Å²) >= 11 is 0. The Bertz CT molecular complexity index is 421. The van der Waals surface area contributed by atoms with Gasteiger partial charge in [0.15, 0.2) is 0 Å². The van der Waals surface area contributed by atoms with Crippen molar-refractivity contribution < 1.29 is 23.9 Å². The summed E-state index contributed by atoms with van der Waals surface area (Å²) in [6.45, 7) is 9.17. The maximum atomic E-state index is 12.1. The average Bonchev–Trinajstić information content (AvgIpc) is 2.40. The van der Waals surface area contributed by atoms with E-state index in [4.69, 9.17) is 10.5 Å². The molecule has 0 radical (unpaired) electrons. The molecular formula is C16H31ClN2O5. The highest BCUT2D eigenvalue weighted by Gasteiger charge is 2.26. The van der Waals surface area contributed by atoms with Crippen molar-refractivity contribution in [2.45, 2.75) is 71.6 Å². The molecule has 0 aliphatic carbocycles. The second kappa shape index (κ2) is 11.3. The highest BCUT2D eigenvalue weighted by molar-refractivity contribution is 5.87. The molecule has 0 fully saturated rings. The number of ether oxygens (including phenoxy) is 2. The van der Waals surface area contributed by atoms with Crippen molar-refractivity contribution in [1.82, 2.24) is 5.32 Å². The van der Waals surface area contributed by atoms with Crippen LogP contribution in [0.25, 0.3) is 0 Å². The van der Waals surface area contributed by atoms with Crippen LogP contribution in [0.4, 0.5) is 0 Å². The zero-order valence-electron chi connectivity index (χ0n) is 15.4. The number of amides is 1. The number of hydrogen-bond acceptors (Lipinski definition) is 6. The summed E-state index contributed by atoms with van der Waals surface area (Å²) in [6.07, 6.45) is 0.645. The Hall–Kier alpha value is -1.34. The lowest BCUT2D eigenvalue weighted by molar-refractivity contribution is -0.155. The first-order valence-corrected chi connectivity index (χ1v) is 7.82. The largest absolute Gasteiger partial charge is 0.467 e. The topological polar surface area (TPSA) is 108 Å². The minimum absolute atomic E-state index is 0. The van der Waals surface area contributed by atoms with Crippen LogP contribution in [0.15, 0.2) is 0 Å². The third kappa shape index (κ3) is 11.2. The normalized spacial score (nSPS) is 13.5. The molecule has 0 aromatic rings. The van der Waals surface area contributed by atoms with E-state index in [-0.39, 0.29) is 31.2 Å². The molecule has 3 N–H and O–H groups in total. The summed E-state index contributed by atoms with van der Waals surface area (Å²) in [7, 11) is 1.27. The van der Waals surface area contributed by atoms with Crippen molar-refractivity contribution in [3.63, 3.8) is 0 Å².